The van der Waals surface area contributed by atoms with Gasteiger partial charge in [-0.15, -0.1) is 0 Å². The predicted molar refractivity (Wildman–Crippen MR) is 294 cm³/mol. The molecule has 0 aliphatic carbocycles. The molecule has 0 fully saturated rings. The first kappa shape index (κ1) is 26.6. The Hall–Kier alpha value is -7.85. The van der Waals surface area contributed by atoms with Crippen molar-refractivity contribution in [3.8, 4) is 0 Å². The SMILES string of the molecule is CCOP(=O)(OCC)n1c2c3c4c5c6c7c8c9c%10c%11c%12c9c9c7c7c%13c9c9c%12c%12c%14c%11c%11c%15c%10c%10c8c6c6c8c%10c%15c%10c%15c%11c%14c%11c%14c%12c9c9c%13c(c3c75)c3c9c%14c5c%11c%15c7c%10c8c(c64)c2c7c5c31. The molecule has 0 amide bonds. The first-order valence-electron chi connectivity index (χ1n) is 25.4. The Morgan fingerprint density at radius 2 is 0.319 bits per heavy atom. The lowest BCUT2D eigenvalue weighted by atomic mass is 9.84. The fourth-order valence-electron chi connectivity index (χ4n) is 23.2. The molecule has 30 aromatic carbocycles. The van der Waals surface area contributed by atoms with Crippen molar-refractivity contribution in [2.24, 2.45) is 0 Å². The molecule has 0 saturated heterocycles. The summed E-state index contributed by atoms with van der Waals surface area (Å²) < 4.78 is 32.8. The molecule has 4 nitrogen and oxygen atoms in total. The third kappa shape index (κ3) is 1.48. The molecule has 0 aliphatic rings. The van der Waals surface area contributed by atoms with Crippen molar-refractivity contribution in [1.82, 2.24) is 4.34 Å². The molecule has 0 saturated carbocycles. The lowest BCUT2D eigenvalue weighted by molar-refractivity contribution is 0.214. The highest BCUT2D eigenvalue weighted by Crippen LogP contribution is 2.80. The van der Waals surface area contributed by atoms with E-state index in [9.17, 15) is 0 Å². The minimum atomic E-state index is -4.04. The van der Waals surface area contributed by atoms with Gasteiger partial charge in [0.25, 0.3) is 0 Å². The highest BCUT2D eigenvalue weighted by molar-refractivity contribution is 7.52. The minimum absolute atomic E-state index is 0.299. The summed E-state index contributed by atoms with van der Waals surface area (Å²) >= 11 is 0. The summed E-state index contributed by atoms with van der Waals surface area (Å²) in [4.78, 5) is 0. The van der Waals surface area contributed by atoms with E-state index in [1.807, 2.05) is 13.8 Å². The lowest BCUT2D eigenvalue weighted by Crippen LogP contribution is -2.09. The number of nitrogens with zero attached hydrogens (tertiary/aromatic N) is 1. The van der Waals surface area contributed by atoms with Gasteiger partial charge in [-0.25, -0.2) is 8.90 Å². The van der Waals surface area contributed by atoms with Crippen LogP contribution in [0.3, 0.4) is 0 Å². The molecule has 0 N–H and O–H groups in total. The largest absolute Gasteiger partial charge is 0.439 e. The van der Waals surface area contributed by atoms with E-state index in [4.69, 9.17) is 9.05 Å². The van der Waals surface area contributed by atoms with Crippen molar-refractivity contribution in [2.45, 2.75) is 13.8 Å². The Balaban J connectivity index is 1.26. The summed E-state index contributed by atoms with van der Waals surface area (Å²) in [5, 5.41) is 88.2. The molecule has 0 atom stereocenters. The van der Waals surface area contributed by atoms with Gasteiger partial charge in [0, 0.05) is 312 Å². The van der Waals surface area contributed by atoms with Crippen LogP contribution in [0.1, 0.15) is 13.8 Å². The zero-order valence-corrected chi connectivity index (χ0v) is 36.4. The van der Waals surface area contributed by atoms with Crippen LogP contribution in [0.4, 0.5) is 0 Å². The molecule has 31 rings (SSSR count). The van der Waals surface area contributed by atoms with Gasteiger partial charge in [0.15, 0.2) is 0 Å². The monoisotopic (exact) mass is 871 g/mol. The quantitative estimate of drug-likeness (QED) is 0.0983. The lowest BCUT2D eigenvalue weighted by Gasteiger charge is -2.28. The van der Waals surface area contributed by atoms with Crippen LogP contribution in [-0.2, 0) is 13.6 Å². The van der Waals surface area contributed by atoms with Gasteiger partial charge < -0.3 is 0 Å². The van der Waals surface area contributed by atoms with Crippen molar-refractivity contribution in [2.75, 3.05) is 13.2 Å². The van der Waals surface area contributed by atoms with Crippen LogP contribution in [0.15, 0.2) is 0 Å². The smallest absolute Gasteiger partial charge is 0.292 e. The van der Waals surface area contributed by atoms with E-state index in [1.165, 1.54) is 162 Å². The maximum atomic E-state index is 16.9. The molecule has 0 radical (unpaired) electrons. The van der Waals surface area contributed by atoms with Crippen LogP contribution in [0, 0.1) is 0 Å². The van der Waals surface area contributed by atoms with E-state index in [2.05, 4.69) is 4.34 Å². The summed E-state index contributed by atoms with van der Waals surface area (Å²) in [6, 6.07) is 0. The Labute approximate surface area is 374 Å². The van der Waals surface area contributed by atoms with Gasteiger partial charge in [0.2, 0.25) is 0 Å². The normalized spacial score (nSPS) is 17.4. The van der Waals surface area contributed by atoms with E-state index in [-0.39, 0.29) is 0 Å². The fraction of sp³-hybridized carbons (Fsp3) is 0.0625. The third-order valence-electron chi connectivity index (χ3n) is 23.5. The number of aromatic nitrogens is 1. The zero-order chi connectivity index (χ0) is 41.5. The Morgan fingerprint density at radius 3 is 0.435 bits per heavy atom. The van der Waals surface area contributed by atoms with E-state index in [0.29, 0.717) is 13.2 Å². The summed E-state index contributed by atoms with van der Waals surface area (Å²) in [6.07, 6.45) is 0. The van der Waals surface area contributed by atoms with E-state index in [0.717, 1.165) is 11.0 Å². The van der Waals surface area contributed by atoms with Crippen molar-refractivity contribution in [1.29, 1.82) is 0 Å². The second-order valence-corrected chi connectivity index (χ2v) is 25.9. The van der Waals surface area contributed by atoms with Gasteiger partial charge in [0.1, 0.15) is 0 Å². The van der Waals surface area contributed by atoms with Gasteiger partial charge in [-0.2, -0.15) is 0 Å². The topological polar surface area (TPSA) is 40.5 Å². The van der Waals surface area contributed by atoms with Crippen molar-refractivity contribution < 1.29 is 13.6 Å². The van der Waals surface area contributed by atoms with Crippen LogP contribution < -0.4 is 0 Å². The number of benzene rings is 19. The van der Waals surface area contributed by atoms with Gasteiger partial charge in [-0.3, -0.25) is 9.05 Å². The van der Waals surface area contributed by atoms with Crippen LogP contribution in [0.5, 0.6) is 0 Å². The summed E-state index contributed by atoms with van der Waals surface area (Å²) in [7, 11) is -4.04. The number of pyridine rings is 1. The average Bonchev–Trinajstić information content (AvgIpc) is 4.28. The molecule has 31 aromatic rings. The first-order chi connectivity index (χ1) is 34.2. The fourth-order valence-corrected chi connectivity index (χ4v) is 25.1. The molecule has 1 heterocycles. The number of hydrogen-bond donors (Lipinski definition) is 0. The minimum Gasteiger partial charge on any atom is -0.292 e. The van der Waals surface area contributed by atoms with Crippen LogP contribution in [0.2, 0.25) is 0 Å². The number of rotatable bonds is 5. The van der Waals surface area contributed by atoms with E-state index in [1.54, 1.807) is 151 Å². The van der Waals surface area contributed by atoms with Gasteiger partial charge >= 0.3 is 7.75 Å². The van der Waals surface area contributed by atoms with Gasteiger partial charge in [-0.1, -0.05) is 0 Å². The molecule has 294 valence electrons. The Bertz CT molecular complexity index is 6990. The maximum Gasteiger partial charge on any atom is 0.439 e. The molecule has 1 aromatic heterocycles. The number of hydrogen-bond acceptors (Lipinski definition) is 3. The maximum absolute atomic E-state index is 16.9. The molecule has 0 unspecified atom stereocenters. The molecule has 69 heavy (non-hydrogen) atoms. The Kier molecular flexibility index (Phi) is 2.37. The molecule has 0 aliphatic heterocycles. The highest BCUT2D eigenvalue weighted by Gasteiger charge is 2.52. The molecular formula is C64H10NO3P. The molecule has 5 heteroatoms. The van der Waals surface area contributed by atoms with Crippen molar-refractivity contribution in [3.63, 3.8) is 0 Å². The standard InChI is InChI=1S/C64H10NO3P/c1-3-67-69(66,68-4-2)65-63-59-52-45-33-25-16-7-5-6-8-11(7)20-27(25)35-36-28(20)26-17(8)19-15-10(6)13-12-9(5)14-18(16)31(33)39-37-23(14)21(12)29-30-22(13)24(15)38-40-32(19)34(26)46-48(36)57(56(59)47(35)45)60-53(46)51(40)55-44(38)42(30)49-41(29)43(37)54(50(39)52)61(63)58(49)62(55)64(60)65/h3-4H2,1-2H3. The summed E-state index contributed by atoms with van der Waals surface area (Å²) in [5.74, 6) is 0. The summed E-state index contributed by atoms with van der Waals surface area (Å²) in [5.41, 5.74) is 2.22. The first-order valence-corrected chi connectivity index (χ1v) is 26.9. The van der Waals surface area contributed by atoms with E-state index >= 15 is 4.57 Å². The van der Waals surface area contributed by atoms with Crippen molar-refractivity contribution >= 4 is 331 Å². The Morgan fingerprint density at radius 1 is 0.217 bits per heavy atom. The molecule has 0 spiro atoms. The van der Waals surface area contributed by atoms with Gasteiger partial charge in [0.05, 0.1) is 24.2 Å². The molecular weight excluding hydrogens is 862 g/mol. The predicted octanol–water partition coefficient (Wildman–Crippen LogP) is 19.1. The zero-order valence-electron chi connectivity index (χ0n) is 35.5. The second-order valence-electron chi connectivity index (χ2n) is 24.1. The van der Waals surface area contributed by atoms with Crippen LogP contribution >= 0.6 is 7.75 Å². The van der Waals surface area contributed by atoms with Crippen LogP contribution in [0.25, 0.3) is 323 Å². The molecule has 0 bridgehead atoms. The highest BCUT2D eigenvalue weighted by atomic mass is 31.2. The van der Waals surface area contributed by atoms with E-state index < -0.39 is 7.75 Å². The third-order valence-corrected chi connectivity index (χ3v) is 25.5. The average molecular weight is 872 g/mol. The second kappa shape index (κ2) is 6.14. The summed E-state index contributed by atoms with van der Waals surface area (Å²) in [6.45, 7) is 4.61. The van der Waals surface area contributed by atoms with Gasteiger partial charge in [-0.05, 0) is 13.8 Å². The van der Waals surface area contributed by atoms with Crippen molar-refractivity contribution in [3.05, 3.63) is 0 Å². The number of fused-ring (bicyclic) bond motifs is 5. The van der Waals surface area contributed by atoms with Crippen LogP contribution in [-0.4, -0.2) is 17.6 Å².